The van der Waals surface area contributed by atoms with Gasteiger partial charge in [-0.05, 0) is 18.5 Å². The van der Waals surface area contributed by atoms with E-state index < -0.39 is 0 Å². The van der Waals surface area contributed by atoms with Crippen LogP contribution >= 0.6 is 0 Å². The fourth-order valence-corrected chi connectivity index (χ4v) is 1.79. The summed E-state index contributed by atoms with van der Waals surface area (Å²) in [4.78, 5) is 0. The van der Waals surface area contributed by atoms with Crippen molar-refractivity contribution in [2.24, 2.45) is 5.92 Å². The van der Waals surface area contributed by atoms with Gasteiger partial charge in [0.15, 0.2) is 0 Å². The van der Waals surface area contributed by atoms with Crippen LogP contribution in [0.1, 0.15) is 32.3 Å². The summed E-state index contributed by atoms with van der Waals surface area (Å²) in [5, 5.41) is 3.30. The van der Waals surface area contributed by atoms with Crippen molar-refractivity contribution in [2.45, 2.75) is 33.2 Å². The highest BCUT2D eigenvalue weighted by Gasteiger charge is 2.06. The molecule has 1 aromatic rings. The molecule has 0 aromatic heterocycles. The van der Waals surface area contributed by atoms with E-state index in [0.717, 1.165) is 19.4 Å². The van der Waals surface area contributed by atoms with Gasteiger partial charge < -0.3 is 10.1 Å². The van der Waals surface area contributed by atoms with E-state index in [1.807, 2.05) is 0 Å². The third-order valence-electron chi connectivity index (χ3n) is 3.16. The summed E-state index contributed by atoms with van der Waals surface area (Å²) in [6.07, 6.45) is 2.32. The first-order valence-electron chi connectivity index (χ1n) is 6.24. The van der Waals surface area contributed by atoms with Crippen LogP contribution in [0, 0.1) is 11.7 Å². The fraction of sp³-hybridized carbons (Fsp3) is 0.571. The van der Waals surface area contributed by atoms with E-state index in [1.54, 1.807) is 19.2 Å². The van der Waals surface area contributed by atoms with Crippen molar-refractivity contribution in [2.75, 3.05) is 13.7 Å². The molecule has 3 heteroatoms. The minimum Gasteiger partial charge on any atom is -0.497 e. The van der Waals surface area contributed by atoms with E-state index in [2.05, 4.69) is 19.2 Å². The Labute approximate surface area is 103 Å². The molecule has 96 valence electrons. The van der Waals surface area contributed by atoms with Crippen molar-refractivity contribution < 1.29 is 9.13 Å². The van der Waals surface area contributed by atoms with Crippen molar-refractivity contribution in [3.63, 3.8) is 0 Å². The van der Waals surface area contributed by atoms with Crippen LogP contribution < -0.4 is 10.1 Å². The number of hydrogen-bond donors (Lipinski definition) is 1. The SMILES string of the molecule is CCC(CC)CNCc1ccc(OC)cc1F. The zero-order valence-electron chi connectivity index (χ0n) is 10.9. The summed E-state index contributed by atoms with van der Waals surface area (Å²) in [6, 6.07) is 4.99. The number of methoxy groups -OCH3 is 1. The molecular weight excluding hydrogens is 217 g/mol. The largest absolute Gasteiger partial charge is 0.497 e. The molecule has 0 bridgehead atoms. The molecule has 0 spiro atoms. The van der Waals surface area contributed by atoms with Crippen LogP contribution in [0.25, 0.3) is 0 Å². The maximum atomic E-state index is 13.6. The molecule has 0 aliphatic rings. The smallest absolute Gasteiger partial charge is 0.131 e. The first-order chi connectivity index (χ1) is 8.21. The van der Waals surface area contributed by atoms with Crippen LogP contribution in [-0.2, 0) is 6.54 Å². The monoisotopic (exact) mass is 239 g/mol. The Balaban J connectivity index is 2.46. The number of hydrogen-bond acceptors (Lipinski definition) is 2. The molecule has 0 heterocycles. The molecule has 0 radical (unpaired) electrons. The Morgan fingerprint density at radius 1 is 1.29 bits per heavy atom. The average molecular weight is 239 g/mol. The minimum absolute atomic E-state index is 0.207. The van der Waals surface area contributed by atoms with E-state index >= 15 is 0 Å². The lowest BCUT2D eigenvalue weighted by Crippen LogP contribution is -2.22. The second kappa shape index (κ2) is 7.28. The van der Waals surface area contributed by atoms with Gasteiger partial charge in [0.1, 0.15) is 11.6 Å². The molecule has 0 aliphatic carbocycles. The maximum Gasteiger partial charge on any atom is 0.131 e. The van der Waals surface area contributed by atoms with E-state index in [4.69, 9.17) is 4.74 Å². The van der Waals surface area contributed by atoms with E-state index in [9.17, 15) is 4.39 Å². The van der Waals surface area contributed by atoms with Gasteiger partial charge >= 0.3 is 0 Å². The molecule has 0 saturated carbocycles. The zero-order chi connectivity index (χ0) is 12.7. The van der Waals surface area contributed by atoms with Crippen LogP contribution in [0.4, 0.5) is 4.39 Å². The quantitative estimate of drug-likeness (QED) is 0.787. The van der Waals surface area contributed by atoms with Crippen molar-refractivity contribution in [1.82, 2.24) is 5.32 Å². The maximum absolute atomic E-state index is 13.6. The predicted octanol–water partition coefficient (Wildman–Crippen LogP) is 3.36. The number of ether oxygens (including phenoxy) is 1. The molecule has 2 nitrogen and oxygen atoms in total. The van der Waals surface area contributed by atoms with Gasteiger partial charge in [-0.1, -0.05) is 32.8 Å². The van der Waals surface area contributed by atoms with E-state index in [0.29, 0.717) is 23.8 Å². The third kappa shape index (κ3) is 4.35. The zero-order valence-corrected chi connectivity index (χ0v) is 10.9. The summed E-state index contributed by atoms with van der Waals surface area (Å²) in [5.74, 6) is 1.03. The Morgan fingerprint density at radius 2 is 2.00 bits per heavy atom. The van der Waals surface area contributed by atoms with Gasteiger partial charge in [0, 0.05) is 18.2 Å². The molecule has 0 saturated heterocycles. The summed E-state index contributed by atoms with van der Waals surface area (Å²) < 4.78 is 18.6. The van der Waals surface area contributed by atoms with Crippen LogP contribution in [0.5, 0.6) is 5.75 Å². The Hall–Kier alpha value is -1.09. The predicted molar refractivity (Wildman–Crippen MR) is 68.7 cm³/mol. The van der Waals surface area contributed by atoms with Gasteiger partial charge in [-0.15, -0.1) is 0 Å². The minimum atomic E-state index is -0.207. The normalized spacial score (nSPS) is 10.9. The molecular formula is C14H22FNO. The van der Waals surface area contributed by atoms with Gasteiger partial charge in [0.05, 0.1) is 7.11 Å². The molecule has 0 amide bonds. The summed E-state index contributed by atoms with van der Waals surface area (Å²) in [6.45, 7) is 5.89. The fourth-order valence-electron chi connectivity index (χ4n) is 1.79. The Morgan fingerprint density at radius 3 is 2.53 bits per heavy atom. The number of nitrogens with one attached hydrogen (secondary N) is 1. The van der Waals surface area contributed by atoms with Crippen molar-refractivity contribution >= 4 is 0 Å². The summed E-state index contributed by atoms with van der Waals surface area (Å²) >= 11 is 0. The highest BCUT2D eigenvalue weighted by molar-refractivity contribution is 5.28. The topological polar surface area (TPSA) is 21.3 Å². The van der Waals surface area contributed by atoms with Crippen LogP contribution in [0.2, 0.25) is 0 Å². The molecule has 0 aliphatic heterocycles. The number of benzene rings is 1. The highest BCUT2D eigenvalue weighted by Crippen LogP contribution is 2.16. The first-order valence-corrected chi connectivity index (χ1v) is 6.24. The van der Waals surface area contributed by atoms with Gasteiger partial charge in [0.25, 0.3) is 0 Å². The van der Waals surface area contributed by atoms with E-state index in [1.165, 1.54) is 6.07 Å². The number of halogens is 1. The molecule has 17 heavy (non-hydrogen) atoms. The van der Waals surface area contributed by atoms with Crippen molar-refractivity contribution in [3.8, 4) is 5.75 Å². The van der Waals surface area contributed by atoms with Crippen LogP contribution in [0.3, 0.4) is 0 Å². The van der Waals surface area contributed by atoms with Crippen molar-refractivity contribution in [1.29, 1.82) is 0 Å². The van der Waals surface area contributed by atoms with Gasteiger partial charge in [-0.25, -0.2) is 4.39 Å². The summed E-state index contributed by atoms with van der Waals surface area (Å²) in [5.41, 5.74) is 0.691. The standard InChI is InChI=1S/C14H22FNO/c1-4-11(5-2)9-16-10-12-6-7-13(17-3)8-14(12)15/h6-8,11,16H,4-5,9-10H2,1-3H3. The highest BCUT2D eigenvalue weighted by atomic mass is 19.1. The second-order valence-corrected chi connectivity index (χ2v) is 4.27. The van der Waals surface area contributed by atoms with Crippen LogP contribution in [-0.4, -0.2) is 13.7 Å². The molecule has 1 aromatic carbocycles. The third-order valence-corrected chi connectivity index (χ3v) is 3.16. The molecule has 0 fully saturated rings. The molecule has 0 unspecified atom stereocenters. The van der Waals surface area contributed by atoms with Gasteiger partial charge in [-0.3, -0.25) is 0 Å². The average Bonchev–Trinajstić information content (AvgIpc) is 2.36. The number of rotatable bonds is 7. The molecule has 1 rings (SSSR count). The summed E-state index contributed by atoms with van der Waals surface area (Å²) in [7, 11) is 1.54. The van der Waals surface area contributed by atoms with Gasteiger partial charge in [-0.2, -0.15) is 0 Å². The van der Waals surface area contributed by atoms with Gasteiger partial charge in [0.2, 0.25) is 0 Å². The lowest BCUT2D eigenvalue weighted by molar-refractivity contribution is 0.409. The van der Waals surface area contributed by atoms with Crippen molar-refractivity contribution in [3.05, 3.63) is 29.6 Å². The second-order valence-electron chi connectivity index (χ2n) is 4.27. The van der Waals surface area contributed by atoms with E-state index in [-0.39, 0.29) is 5.82 Å². The first kappa shape index (κ1) is 14.0. The molecule has 1 N–H and O–H groups in total. The lowest BCUT2D eigenvalue weighted by Gasteiger charge is -2.13. The van der Waals surface area contributed by atoms with Crippen LogP contribution in [0.15, 0.2) is 18.2 Å². The Kier molecular flexibility index (Phi) is 5.98. The Bertz CT molecular complexity index is 337. The lowest BCUT2D eigenvalue weighted by atomic mass is 10.0. The molecule has 0 atom stereocenters.